The zero-order valence-electron chi connectivity index (χ0n) is 17.6. The average molecular weight is 422 g/mol. The molecule has 2 fully saturated rings. The first-order valence-electron chi connectivity index (χ1n) is 10.4. The number of nitrogens with zero attached hydrogens (tertiary/aromatic N) is 3. The van der Waals surface area contributed by atoms with E-state index < -0.39 is 10.0 Å². The Bertz CT molecular complexity index is 1100. The number of allylic oxidation sites excluding steroid dienone is 1. The Hall–Kier alpha value is -2.49. The van der Waals surface area contributed by atoms with E-state index in [1.807, 2.05) is 36.4 Å². The predicted octanol–water partition coefficient (Wildman–Crippen LogP) is 4.19. The lowest BCUT2D eigenvalue weighted by atomic mass is 9.66. The number of rotatable bonds is 3. The second kappa shape index (κ2) is 7.98. The summed E-state index contributed by atoms with van der Waals surface area (Å²) in [6.07, 6.45) is 6.90. The van der Waals surface area contributed by atoms with Crippen molar-refractivity contribution in [2.45, 2.75) is 26.3 Å². The Morgan fingerprint density at radius 2 is 1.97 bits per heavy atom. The van der Waals surface area contributed by atoms with E-state index in [9.17, 15) is 13.7 Å². The van der Waals surface area contributed by atoms with Crippen molar-refractivity contribution in [3.8, 4) is 17.2 Å². The summed E-state index contributed by atoms with van der Waals surface area (Å²) in [5, 5.41) is 9.31. The van der Waals surface area contributed by atoms with Crippen molar-refractivity contribution in [1.29, 1.82) is 5.26 Å². The summed E-state index contributed by atoms with van der Waals surface area (Å²) in [6.45, 7) is 4.45. The second-order valence-electron chi connectivity index (χ2n) is 8.66. The minimum Gasteiger partial charge on any atom is -0.256 e. The standard InChI is InChI=1S/C24H27N3O2S/c1-16-12-24-23(15-30(28,29)27(24)3)21(17(16)2)11-10-20-9-8-19(14-26-20)22-7-5-4-6-18(22)13-25/h4-11,14,16-17,21,23-24H,12,15H2,1-3H3/t16-,17+,21-,23-,24+/m0/s1. The lowest BCUT2D eigenvalue weighted by Crippen LogP contribution is -2.43. The number of aromatic nitrogens is 1. The van der Waals surface area contributed by atoms with Gasteiger partial charge in [0.2, 0.25) is 10.0 Å². The molecule has 1 aromatic carbocycles. The summed E-state index contributed by atoms with van der Waals surface area (Å²) in [5.41, 5.74) is 3.25. The average Bonchev–Trinajstić information content (AvgIpc) is 2.97. The molecule has 2 aromatic rings. The van der Waals surface area contributed by atoms with Crippen LogP contribution in [0.5, 0.6) is 0 Å². The van der Waals surface area contributed by atoms with E-state index >= 15 is 0 Å². The summed E-state index contributed by atoms with van der Waals surface area (Å²) in [5.74, 6) is 1.46. The SMILES string of the molecule is C[C@H]1[C@H](C=Cc2ccc(-c3ccccc3C#N)cn2)[C@@H]2CS(=O)(=O)N(C)[C@@H]2C[C@@H]1C. The van der Waals surface area contributed by atoms with Crippen LogP contribution in [-0.2, 0) is 10.0 Å². The van der Waals surface area contributed by atoms with Gasteiger partial charge in [-0.1, -0.05) is 44.2 Å². The van der Waals surface area contributed by atoms with Crippen molar-refractivity contribution in [3.05, 3.63) is 59.9 Å². The van der Waals surface area contributed by atoms with Crippen molar-refractivity contribution >= 4 is 16.1 Å². The van der Waals surface area contributed by atoms with Crippen molar-refractivity contribution in [2.24, 2.45) is 23.7 Å². The Morgan fingerprint density at radius 3 is 2.67 bits per heavy atom. The summed E-state index contributed by atoms with van der Waals surface area (Å²) in [4.78, 5) is 4.56. The first-order valence-corrected chi connectivity index (χ1v) is 12.0. The molecule has 1 saturated heterocycles. The molecular formula is C24H27N3O2S. The molecule has 1 saturated carbocycles. The summed E-state index contributed by atoms with van der Waals surface area (Å²) < 4.78 is 26.5. The molecule has 30 heavy (non-hydrogen) atoms. The van der Waals surface area contributed by atoms with Gasteiger partial charge in [0, 0.05) is 30.4 Å². The zero-order valence-corrected chi connectivity index (χ0v) is 18.4. The molecule has 4 rings (SSSR count). The highest BCUT2D eigenvalue weighted by molar-refractivity contribution is 7.89. The van der Waals surface area contributed by atoms with Crippen LogP contribution in [0.1, 0.15) is 31.5 Å². The number of hydrogen-bond acceptors (Lipinski definition) is 4. The molecule has 6 heteroatoms. The van der Waals surface area contributed by atoms with E-state index in [0.717, 1.165) is 23.2 Å². The maximum atomic E-state index is 12.5. The van der Waals surface area contributed by atoms with Gasteiger partial charge in [-0.05, 0) is 48.3 Å². The highest BCUT2D eigenvalue weighted by Crippen LogP contribution is 2.46. The van der Waals surface area contributed by atoms with Crippen molar-refractivity contribution in [2.75, 3.05) is 12.8 Å². The van der Waals surface area contributed by atoms with Crippen LogP contribution < -0.4 is 0 Å². The number of pyridine rings is 1. The van der Waals surface area contributed by atoms with Crippen molar-refractivity contribution < 1.29 is 8.42 Å². The van der Waals surface area contributed by atoms with E-state index in [0.29, 0.717) is 17.4 Å². The highest BCUT2D eigenvalue weighted by atomic mass is 32.2. The van der Waals surface area contributed by atoms with Gasteiger partial charge >= 0.3 is 0 Å². The van der Waals surface area contributed by atoms with E-state index in [4.69, 9.17) is 0 Å². The van der Waals surface area contributed by atoms with Crippen LogP contribution in [0.25, 0.3) is 17.2 Å². The highest BCUT2D eigenvalue weighted by Gasteiger charge is 2.50. The molecule has 156 valence electrons. The van der Waals surface area contributed by atoms with Gasteiger partial charge in [-0.3, -0.25) is 4.98 Å². The molecule has 0 unspecified atom stereocenters. The monoisotopic (exact) mass is 421 g/mol. The maximum Gasteiger partial charge on any atom is 0.214 e. The van der Waals surface area contributed by atoms with Gasteiger partial charge in [0.05, 0.1) is 23.1 Å². The van der Waals surface area contributed by atoms with Gasteiger partial charge < -0.3 is 0 Å². The predicted molar refractivity (Wildman–Crippen MR) is 119 cm³/mol. The van der Waals surface area contributed by atoms with Gasteiger partial charge in [-0.15, -0.1) is 0 Å². The Balaban J connectivity index is 1.58. The van der Waals surface area contributed by atoms with Crippen LogP contribution in [0.3, 0.4) is 0 Å². The fraction of sp³-hybridized carbons (Fsp3) is 0.417. The van der Waals surface area contributed by atoms with Crippen LogP contribution in [0.4, 0.5) is 0 Å². The zero-order chi connectivity index (χ0) is 21.5. The van der Waals surface area contributed by atoms with Gasteiger partial charge in [-0.25, -0.2) is 12.7 Å². The molecule has 5 nitrogen and oxygen atoms in total. The number of nitriles is 1. The Morgan fingerprint density at radius 1 is 1.20 bits per heavy atom. The van der Waals surface area contributed by atoms with Crippen LogP contribution in [0.15, 0.2) is 48.7 Å². The maximum absolute atomic E-state index is 12.5. The Labute approximate surface area is 179 Å². The van der Waals surface area contributed by atoms with Gasteiger partial charge in [0.15, 0.2) is 0 Å². The van der Waals surface area contributed by atoms with Gasteiger partial charge in [0.1, 0.15) is 0 Å². The van der Waals surface area contributed by atoms with Crippen LogP contribution in [-0.4, -0.2) is 36.5 Å². The first kappa shape index (κ1) is 20.8. The second-order valence-corrected chi connectivity index (χ2v) is 10.7. The minimum atomic E-state index is -3.16. The van der Waals surface area contributed by atoms with Crippen LogP contribution in [0, 0.1) is 35.0 Å². The lowest BCUT2D eigenvalue weighted by Gasteiger charge is -2.41. The summed E-state index contributed by atoms with van der Waals surface area (Å²) in [6, 6.07) is 13.7. The molecular weight excluding hydrogens is 394 g/mol. The Kier molecular flexibility index (Phi) is 5.52. The molecule has 2 aliphatic rings. The summed E-state index contributed by atoms with van der Waals surface area (Å²) in [7, 11) is -1.43. The van der Waals surface area contributed by atoms with Gasteiger partial charge in [0.25, 0.3) is 0 Å². The molecule has 0 radical (unpaired) electrons. The van der Waals surface area contributed by atoms with E-state index in [1.165, 1.54) is 0 Å². The number of hydrogen-bond donors (Lipinski definition) is 0. The smallest absolute Gasteiger partial charge is 0.214 e. The molecule has 1 aromatic heterocycles. The van der Waals surface area contributed by atoms with Gasteiger partial charge in [-0.2, -0.15) is 5.26 Å². The molecule has 0 N–H and O–H groups in total. The normalized spacial score (nSPS) is 30.8. The minimum absolute atomic E-state index is 0.0914. The van der Waals surface area contributed by atoms with E-state index in [-0.39, 0.29) is 23.6 Å². The largest absolute Gasteiger partial charge is 0.256 e. The van der Waals surface area contributed by atoms with E-state index in [2.05, 4.69) is 31.0 Å². The fourth-order valence-electron chi connectivity index (χ4n) is 5.03. The molecule has 0 bridgehead atoms. The topological polar surface area (TPSA) is 74.1 Å². The van der Waals surface area contributed by atoms with Crippen molar-refractivity contribution in [3.63, 3.8) is 0 Å². The number of benzene rings is 1. The molecule has 1 aliphatic heterocycles. The third-order valence-corrected chi connectivity index (χ3v) is 9.00. The fourth-order valence-corrected chi connectivity index (χ4v) is 6.85. The first-order chi connectivity index (χ1) is 14.3. The van der Waals surface area contributed by atoms with Crippen molar-refractivity contribution in [1.82, 2.24) is 9.29 Å². The third kappa shape index (κ3) is 3.68. The number of fused-ring (bicyclic) bond motifs is 1. The molecule has 0 spiro atoms. The number of sulfonamides is 1. The quantitative estimate of drug-likeness (QED) is 0.745. The van der Waals surface area contributed by atoms with Crippen LogP contribution >= 0.6 is 0 Å². The summed E-state index contributed by atoms with van der Waals surface area (Å²) >= 11 is 0. The molecule has 2 heterocycles. The van der Waals surface area contributed by atoms with Crippen LogP contribution in [0.2, 0.25) is 0 Å². The lowest BCUT2D eigenvalue weighted by molar-refractivity contribution is 0.104. The third-order valence-electron chi connectivity index (χ3n) is 7.05. The molecule has 1 aliphatic carbocycles. The molecule has 5 atom stereocenters. The molecule has 0 amide bonds. The van der Waals surface area contributed by atoms with E-state index in [1.54, 1.807) is 23.6 Å².